The topological polar surface area (TPSA) is 46.5 Å². The number of ether oxygens (including phenoxy) is 1. The monoisotopic (exact) mass is 220 g/mol. The first-order chi connectivity index (χ1) is 7.63. The molecule has 0 saturated carbocycles. The van der Waals surface area contributed by atoms with Crippen molar-refractivity contribution in [3.05, 3.63) is 41.5 Å². The summed E-state index contributed by atoms with van der Waals surface area (Å²) in [6, 6.07) is 5.99. The molecule has 0 heterocycles. The van der Waals surface area contributed by atoms with Crippen molar-refractivity contribution in [2.45, 2.75) is 19.8 Å². The summed E-state index contributed by atoms with van der Waals surface area (Å²) in [5.74, 6) is -0.0504. The lowest BCUT2D eigenvalue weighted by molar-refractivity contribution is -0.131. The van der Waals surface area contributed by atoms with E-state index in [1.54, 1.807) is 13.2 Å². The average Bonchev–Trinajstić information content (AvgIpc) is 2.24. The third kappa shape index (κ3) is 3.77. The van der Waals surface area contributed by atoms with Gasteiger partial charge in [-0.25, -0.2) is 4.79 Å². The lowest BCUT2D eigenvalue weighted by Gasteiger charge is -2.08. The largest absolute Gasteiger partial charge is 0.496 e. The van der Waals surface area contributed by atoms with Gasteiger partial charge in [-0.05, 0) is 31.4 Å². The third-order valence-corrected chi connectivity index (χ3v) is 2.28. The highest BCUT2D eigenvalue weighted by molar-refractivity contribution is 5.79. The molecule has 1 N–H and O–H groups in total. The number of benzene rings is 1. The Balaban J connectivity index is 2.65. The van der Waals surface area contributed by atoms with Gasteiger partial charge in [0.2, 0.25) is 0 Å². The molecule has 0 aliphatic rings. The second-order valence-electron chi connectivity index (χ2n) is 3.59. The van der Waals surface area contributed by atoms with Crippen LogP contribution in [0.25, 0.3) is 0 Å². The van der Waals surface area contributed by atoms with Crippen molar-refractivity contribution in [2.24, 2.45) is 0 Å². The lowest BCUT2D eigenvalue weighted by Crippen LogP contribution is -1.93. The molecule has 1 aromatic carbocycles. The van der Waals surface area contributed by atoms with Gasteiger partial charge in [0.05, 0.1) is 7.11 Å². The van der Waals surface area contributed by atoms with Gasteiger partial charge in [0.25, 0.3) is 0 Å². The molecule has 1 rings (SSSR count). The number of hydrogen-bond acceptors (Lipinski definition) is 2. The number of aryl methyl sites for hydroxylation is 2. The Morgan fingerprint density at radius 3 is 2.88 bits per heavy atom. The number of carbonyl (C=O) groups is 1. The molecule has 0 radical (unpaired) electrons. The number of methoxy groups -OCH3 is 1. The van der Waals surface area contributed by atoms with Crippen LogP contribution in [0.4, 0.5) is 0 Å². The normalized spacial score (nSPS) is 10.6. The smallest absolute Gasteiger partial charge is 0.327 e. The number of carboxylic acid groups (broad SMARTS) is 1. The highest BCUT2D eigenvalue weighted by Crippen LogP contribution is 2.21. The first-order valence-corrected chi connectivity index (χ1v) is 5.16. The molecule has 0 amide bonds. The molecule has 0 fully saturated rings. The summed E-state index contributed by atoms with van der Waals surface area (Å²) >= 11 is 0. The van der Waals surface area contributed by atoms with Crippen molar-refractivity contribution < 1.29 is 14.6 Å². The van der Waals surface area contributed by atoms with Gasteiger partial charge in [0.1, 0.15) is 5.75 Å². The van der Waals surface area contributed by atoms with Gasteiger partial charge in [-0.2, -0.15) is 0 Å². The molecule has 3 heteroatoms. The van der Waals surface area contributed by atoms with Crippen LogP contribution >= 0.6 is 0 Å². The fourth-order valence-corrected chi connectivity index (χ4v) is 1.53. The Hall–Kier alpha value is -1.77. The van der Waals surface area contributed by atoms with Gasteiger partial charge in [0.15, 0.2) is 0 Å². The lowest BCUT2D eigenvalue weighted by atomic mass is 10.1. The van der Waals surface area contributed by atoms with E-state index in [0.717, 1.165) is 17.7 Å². The zero-order valence-corrected chi connectivity index (χ0v) is 9.56. The van der Waals surface area contributed by atoms with Crippen LogP contribution in [-0.2, 0) is 11.2 Å². The maximum absolute atomic E-state index is 10.3. The van der Waals surface area contributed by atoms with Crippen LogP contribution in [0.1, 0.15) is 17.5 Å². The van der Waals surface area contributed by atoms with E-state index in [-0.39, 0.29) is 0 Å². The SMILES string of the molecule is COc1ccc(C)cc1CC/C=C/C(=O)O. The van der Waals surface area contributed by atoms with Gasteiger partial charge in [0, 0.05) is 6.08 Å². The van der Waals surface area contributed by atoms with E-state index in [0.29, 0.717) is 6.42 Å². The van der Waals surface area contributed by atoms with Crippen LogP contribution in [0.3, 0.4) is 0 Å². The minimum absolute atomic E-state index is 0.701. The summed E-state index contributed by atoms with van der Waals surface area (Å²) in [6.07, 6.45) is 4.31. The first kappa shape index (κ1) is 12.3. The Bertz CT molecular complexity index is 394. The fraction of sp³-hybridized carbons (Fsp3) is 0.308. The molecule has 0 aromatic heterocycles. The van der Waals surface area contributed by atoms with Crippen LogP contribution in [0.2, 0.25) is 0 Å². The van der Waals surface area contributed by atoms with Gasteiger partial charge < -0.3 is 9.84 Å². The molecule has 0 atom stereocenters. The summed E-state index contributed by atoms with van der Waals surface area (Å²) in [5, 5.41) is 8.44. The Morgan fingerprint density at radius 2 is 2.25 bits per heavy atom. The van der Waals surface area contributed by atoms with Crippen molar-refractivity contribution in [1.82, 2.24) is 0 Å². The first-order valence-electron chi connectivity index (χ1n) is 5.16. The minimum Gasteiger partial charge on any atom is -0.496 e. The second-order valence-corrected chi connectivity index (χ2v) is 3.59. The van der Waals surface area contributed by atoms with Gasteiger partial charge in [-0.1, -0.05) is 23.8 Å². The van der Waals surface area contributed by atoms with Crippen molar-refractivity contribution in [3.63, 3.8) is 0 Å². The van der Waals surface area contributed by atoms with Crippen LogP contribution in [-0.4, -0.2) is 18.2 Å². The van der Waals surface area contributed by atoms with Crippen LogP contribution in [0, 0.1) is 6.92 Å². The van der Waals surface area contributed by atoms with Crippen molar-refractivity contribution in [1.29, 1.82) is 0 Å². The number of carboxylic acids is 1. The molecular formula is C13H16O3. The number of rotatable bonds is 5. The maximum Gasteiger partial charge on any atom is 0.327 e. The quantitative estimate of drug-likeness (QED) is 0.776. The van der Waals surface area contributed by atoms with E-state index >= 15 is 0 Å². The predicted molar refractivity (Wildman–Crippen MR) is 62.8 cm³/mol. The third-order valence-electron chi connectivity index (χ3n) is 2.28. The molecule has 1 aromatic rings. The van der Waals surface area contributed by atoms with Crippen LogP contribution in [0.15, 0.2) is 30.4 Å². The van der Waals surface area contributed by atoms with Gasteiger partial charge in [-0.3, -0.25) is 0 Å². The molecule has 0 saturated heterocycles. The molecule has 16 heavy (non-hydrogen) atoms. The standard InChI is InChI=1S/C13H16O3/c1-10-7-8-12(16-2)11(9-10)5-3-4-6-13(14)15/h4,6-9H,3,5H2,1-2H3,(H,14,15)/b6-4+. The number of hydrogen-bond donors (Lipinski definition) is 1. The molecule has 0 spiro atoms. The summed E-state index contributed by atoms with van der Waals surface area (Å²) in [5.41, 5.74) is 2.29. The molecular weight excluding hydrogens is 204 g/mol. The Morgan fingerprint density at radius 1 is 1.50 bits per heavy atom. The minimum atomic E-state index is -0.906. The van der Waals surface area contributed by atoms with E-state index in [4.69, 9.17) is 9.84 Å². The van der Waals surface area contributed by atoms with Crippen molar-refractivity contribution in [2.75, 3.05) is 7.11 Å². The molecule has 0 bridgehead atoms. The predicted octanol–water partition coefficient (Wildman–Crippen LogP) is 2.58. The van der Waals surface area contributed by atoms with E-state index in [9.17, 15) is 4.79 Å². The highest BCUT2D eigenvalue weighted by Gasteiger charge is 2.01. The molecule has 0 aliphatic heterocycles. The van der Waals surface area contributed by atoms with E-state index in [1.807, 2.05) is 19.1 Å². The summed E-state index contributed by atoms with van der Waals surface area (Å²) in [6.45, 7) is 2.02. The number of allylic oxidation sites excluding steroid dienone is 1. The highest BCUT2D eigenvalue weighted by atomic mass is 16.5. The van der Waals surface area contributed by atoms with Crippen molar-refractivity contribution >= 4 is 5.97 Å². The Labute approximate surface area is 95.4 Å². The number of aliphatic carboxylic acids is 1. The second kappa shape index (κ2) is 5.95. The van der Waals surface area contributed by atoms with Crippen molar-refractivity contribution in [3.8, 4) is 5.75 Å². The maximum atomic E-state index is 10.3. The molecule has 3 nitrogen and oxygen atoms in total. The van der Waals surface area contributed by atoms with Gasteiger partial charge >= 0.3 is 5.97 Å². The van der Waals surface area contributed by atoms with E-state index < -0.39 is 5.97 Å². The van der Waals surface area contributed by atoms with E-state index in [1.165, 1.54) is 11.6 Å². The molecule has 86 valence electrons. The average molecular weight is 220 g/mol. The van der Waals surface area contributed by atoms with Crippen LogP contribution < -0.4 is 4.74 Å². The van der Waals surface area contributed by atoms with Crippen LogP contribution in [0.5, 0.6) is 5.75 Å². The zero-order chi connectivity index (χ0) is 12.0. The van der Waals surface area contributed by atoms with Gasteiger partial charge in [-0.15, -0.1) is 0 Å². The fourth-order valence-electron chi connectivity index (χ4n) is 1.53. The summed E-state index contributed by atoms with van der Waals surface area (Å²) < 4.78 is 5.24. The summed E-state index contributed by atoms with van der Waals surface area (Å²) in [7, 11) is 1.64. The Kier molecular flexibility index (Phi) is 4.58. The summed E-state index contributed by atoms with van der Waals surface area (Å²) in [4.78, 5) is 10.3. The molecule has 0 unspecified atom stereocenters. The zero-order valence-electron chi connectivity index (χ0n) is 9.56. The van der Waals surface area contributed by atoms with E-state index in [2.05, 4.69) is 6.07 Å². The molecule has 0 aliphatic carbocycles.